The molecule has 0 aliphatic rings. The maximum Gasteiger partial charge on any atom is 0.168 e. The first-order valence-electron chi connectivity index (χ1n) is 5.60. The lowest BCUT2D eigenvalue weighted by atomic mass is 10.0. The SMILES string of the molecule is Cc1cccc(CC(=O)c2cccc(F)c2Br)c1. The van der Waals surface area contributed by atoms with Crippen LogP contribution in [0.25, 0.3) is 0 Å². The molecule has 2 rings (SSSR count). The van der Waals surface area contributed by atoms with Crippen LogP contribution in [0.5, 0.6) is 0 Å². The molecule has 0 atom stereocenters. The van der Waals surface area contributed by atoms with Crippen molar-refractivity contribution in [2.24, 2.45) is 0 Å². The summed E-state index contributed by atoms with van der Waals surface area (Å²) < 4.78 is 13.6. The van der Waals surface area contributed by atoms with Gasteiger partial charge in [-0.1, -0.05) is 42.0 Å². The normalized spacial score (nSPS) is 10.4. The molecule has 0 aromatic heterocycles. The largest absolute Gasteiger partial charge is 0.294 e. The molecule has 0 saturated carbocycles. The summed E-state index contributed by atoms with van der Waals surface area (Å²) >= 11 is 3.11. The highest BCUT2D eigenvalue weighted by Gasteiger charge is 2.13. The number of hydrogen-bond donors (Lipinski definition) is 0. The summed E-state index contributed by atoms with van der Waals surface area (Å²) in [6.07, 6.45) is 0.281. The van der Waals surface area contributed by atoms with Gasteiger partial charge in [0.25, 0.3) is 0 Å². The predicted octanol–water partition coefficient (Wildman–Crippen LogP) is 4.32. The Morgan fingerprint density at radius 3 is 2.67 bits per heavy atom. The van der Waals surface area contributed by atoms with Gasteiger partial charge in [-0.15, -0.1) is 0 Å². The number of benzene rings is 2. The number of aryl methyl sites for hydroxylation is 1. The number of ketones is 1. The maximum absolute atomic E-state index is 13.3. The molecule has 0 unspecified atom stereocenters. The monoisotopic (exact) mass is 306 g/mol. The summed E-state index contributed by atoms with van der Waals surface area (Å²) in [6.45, 7) is 1.98. The first-order valence-corrected chi connectivity index (χ1v) is 6.40. The van der Waals surface area contributed by atoms with Gasteiger partial charge in [-0.25, -0.2) is 4.39 Å². The Morgan fingerprint density at radius 2 is 1.94 bits per heavy atom. The van der Waals surface area contributed by atoms with Crippen LogP contribution in [-0.4, -0.2) is 5.78 Å². The third kappa shape index (κ3) is 2.85. The summed E-state index contributed by atoms with van der Waals surface area (Å²) in [5, 5.41) is 0. The average Bonchev–Trinajstić information content (AvgIpc) is 2.32. The predicted molar refractivity (Wildman–Crippen MR) is 73.3 cm³/mol. The van der Waals surface area contributed by atoms with E-state index in [-0.39, 0.29) is 16.7 Å². The summed E-state index contributed by atoms with van der Waals surface area (Å²) in [5.41, 5.74) is 2.44. The van der Waals surface area contributed by atoms with Gasteiger partial charge < -0.3 is 0 Å². The van der Waals surface area contributed by atoms with E-state index in [4.69, 9.17) is 0 Å². The Bertz CT molecular complexity index is 593. The minimum absolute atomic E-state index is 0.0908. The smallest absolute Gasteiger partial charge is 0.168 e. The quantitative estimate of drug-likeness (QED) is 0.772. The number of carbonyl (C=O) groups excluding carboxylic acids is 1. The van der Waals surface area contributed by atoms with E-state index in [0.29, 0.717) is 5.56 Å². The van der Waals surface area contributed by atoms with Gasteiger partial charge in [-0.05, 0) is 34.5 Å². The topological polar surface area (TPSA) is 17.1 Å². The second-order valence-corrected chi connectivity index (χ2v) is 4.98. The van der Waals surface area contributed by atoms with Crippen molar-refractivity contribution in [1.82, 2.24) is 0 Å². The minimum Gasteiger partial charge on any atom is -0.294 e. The molecule has 2 aromatic rings. The molecule has 3 heteroatoms. The Balaban J connectivity index is 2.25. The zero-order chi connectivity index (χ0) is 13.1. The van der Waals surface area contributed by atoms with E-state index in [1.165, 1.54) is 6.07 Å². The van der Waals surface area contributed by atoms with Gasteiger partial charge in [-0.3, -0.25) is 4.79 Å². The molecule has 1 nitrogen and oxygen atoms in total. The van der Waals surface area contributed by atoms with Crippen LogP contribution in [0.15, 0.2) is 46.9 Å². The lowest BCUT2D eigenvalue weighted by molar-refractivity contribution is 0.0991. The van der Waals surface area contributed by atoms with Gasteiger partial charge in [0, 0.05) is 12.0 Å². The van der Waals surface area contributed by atoms with Gasteiger partial charge in [-0.2, -0.15) is 0 Å². The fourth-order valence-electron chi connectivity index (χ4n) is 1.82. The van der Waals surface area contributed by atoms with E-state index in [2.05, 4.69) is 15.9 Å². The summed E-state index contributed by atoms with van der Waals surface area (Å²) in [7, 11) is 0. The van der Waals surface area contributed by atoms with E-state index in [1.54, 1.807) is 12.1 Å². The Labute approximate surface area is 114 Å². The third-order valence-corrected chi connectivity index (χ3v) is 3.51. The van der Waals surface area contributed by atoms with Crippen molar-refractivity contribution < 1.29 is 9.18 Å². The van der Waals surface area contributed by atoms with Crippen molar-refractivity contribution >= 4 is 21.7 Å². The summed E-state index contributed by atoms with van der Waals surface area (Å²) in [6, 6.07) is 12.3. The number of hydrogen-bond acceptors (Lipinski definition) is 1. The van der Waals surface area contributed by atoms with E-state index >= 15 is 0 Å². The Hall–Kier alpha value is -1.48. The number of rotatable bonds is 3. The molecule has 0 N–H and O–H groups in total. The molecule has 0 aliphatic heterocycles. The Morgan fingerprint density at radius 1 is 1.22 bits per heavy atom. The molecule has 0 amide bonds. The van der Waals surface area contributed by atoms with Crippen LogP contribution in [-0.2, 0) is 6.42 Å². The molecule has 18 heavy (non-hydrogen) atoms. The number of halogens is 2. The zero-order valence-corrected chi connectivity index (χ0v) is 11.5. The van der Waals surface area contributed by atoms with Gasteiger partial charge in [0.1, 0.15) is 5.82 Å². The van der Waals surface area contributed by atoms with Crippen molar-refractivity contribution in [1.29, 1.82) is 0 Å². The average molecular weight is 307 g/mol. The molecule has 0 radical (unpaired) electrons. The molecule has 0 saturated heterocycles. The molecule has 0 aliphatic carbocycles. The highest BCUT2D eigenvalue weighted by Crippen LogP contribution is 2.22. The van der Waals surface area contributed by atoms with Gasteiger partial charge >= 0.3 is 0 Å². The molecule has 0 fully saturated rings. The minimum atomic E-state index is -0.412. The lowest BCUT2D eigenvalue weighted by Crippen LogP contribution is -2.05. The molecule has 2 aromatic carbocycles. The van der Waals surface area contributed by atoms with Gasteiger partial charge in [0.2, 0.25) is 0 Å². The van der Waals surface area contributed by atoms with Crippen molar-refractivity contribution in [3.63, 3.8) is 0 Å². The van der Waals surface area contributed by atoms with Crippen molar-refractivity contribution in [2.75, 3.05) is 0 Å². The van der Waals surface area contributed by atoms with Crippen molar-refractivity contribution in [3.8, 4) is 0 Å². The molecule has 0 spiro atoms. The second-order valence-electron chi connectivity index (χ2n) is 4.19. The van der Waals surface area contributed by atoms with E-state index in [9.17, 15) is 9.18 Å². The standard InChI is InChI=1S/C15H12BrFO/c1-10-4-2-5-11(8-10)9-14(18)12-6-3-7-13(17)15(12)16/h2-8H,9H2,1H3. The summed E-state index contributed by atoms with van der Waals surface area (Å²) in [4.78, 5) is 12.1. The van der Waals surface area contributed by atoms with Crippen molar-refractivity contribution in [2.45, 2.75) is 13.3 Å². The number of carbonyl (C=O) groups is 1. The fraction of sp³-hybridized carbons (Fsp3) is 0.133. The van der Waals surface area contributed by atoms with Crippen LogP contribution in [0.1, 0.15) is 21.5 Å². The zero-order valence-electron chi connectivity index (χ0n) is 9.91. The number of Topliss-reactive ketones (excluding diaryl/α,β-unsaturated/α-hetero) is 1. The molecule has 0 heterocycles. The molecule has 92 valence electrons. The van der Waals surface area contributed by atoms with Crippen LogP contribution in [0.2, 0.25) is 0 Å². The maximum atomic E-state index is 13.3. The highest BCUT2D eigenvalue weighted by molar-refractivity contribution is 9.10. The first-order chi connectivity index (χ1) is 8.58. The highest BCUT2D eigenvalue weighted by atomic mass is 79.9. The lowest BCUT2D eigenvalue weighted by Gasteiger charge is -2.05. The van der Waals surface area contributed by atoms with E-state index < -0.39 is 5.82 Å². The van der Waals surface area contributed by atoms with Crippen LogP contribution in [0, 0.1) is 12.7 Å². The van der Waals surface area contributed by atoms with E-state index in [1.807, 2.05) is 31.2 Å². The molecular formula is C15H12BrFO. The molecular weight excluding hydrogens is 295 g/mol. The molecule has 0 bridgehead atoms. The van der Waals surface area contributed by atoms with Crippen molar-refractivity contribution in [3.05, 3.63) is 69.4 Å². The van der Waals surface area contributed by atoms with Crippen LogP contribution < -0.4 is 0 Å². The van der Waals surface area contributed by atoms with E-state index in [0.717, 1.165) is 11.1 Å². The first kappa shape index (κ1) is 13.0. The van der Waals surface area contributed by atoms with Crippen LogP contribution in [0.4, 0.5) is 4.39 Å². The third-order valence-electron chi connectivity index (χ3n) is 2.70. The Kier molecular flexibility index (Phi) is 3.92. The van der Waals surface area contributed by atoms with Crippen LogP contribution >= 0.6 is 15.9 Å². The summed E-state index contributed by atoms with van der Waals surface area (Å²) in [5.74, 6) is -0.503. The van der Waals surface area contributed by atoms with Crippen LogP contribution in [0.3, 0.4) is 0 Å². The fourth-order valence-corrected chi connectivity index (χ4v) is 2.31. The second kappa shape index (κ2) is 5.44. The van der Waals surface area contributed by atoms with Gasteiger partial charge in [0.05, 0.1) is 4.47 Å². The van der Waals surface area contributed by atoms with Gasteiger partial charge in [0.15, 0.2) is 5.78 Å².